The molecule has 1 aromatic rings. The van der Waals surface area contributed by atoms with E-state index < -0.39 is 5.97 Å². The van der Waals surface area contributed by atoms with Crippen LogP contribution in [0, 0.1) is 0 Å². The largest absolute Gasteiger partial charge is 0.461 e. The molecule has 0 aliphatic carbocycles. The standard InChI is InChI=1S/C14H21N3O3S/c1-4-20-14(19)11-12(10(3)18)21-13(16-11)9(2)17-7-5-15-6-8-17/h9,15H,4-8H2,1-3H3. The topological polar surface area (TPSA) is 71.5 Å². The van der Waals surface area contributed by atoms with Crippen LogP contribution in [0.3, 0.4) is 0 Å². The number of nitrogens with one attached hydrogen (secondary N) is 1. The number of aromatic nitrogens is 1. The molecule has 21 heavy (non-hydrogen) atoms. The minimum atomic E-state index is -0.516. The Morgan fingerprint density at radius 2 is 2.10 bits per heavy atom. The SMILES string of the molecule is CCOC(=O)c1nc(C(C)N2CCNCC2)sc1C(C)=O. The molecule has 1 fully saturated rings. The van der Waals surface area contributed by atoms with Gasteiger partial charge >= 0.3 is 5.97 Å². The van der Waals surface area contributed by atoms with Gasteiger partial charge in [-0.25, -0.2) is 9.78 Å². The van der Waals surface area contributed by atoms with Crippen LogP contribution in [0.5, 0.6) is 0 Å². The van der Waals surface area contributed by atoms with Gasteiger partial charge in [0, 0.05) is 33.1 Å². The van der Waals surface area contributed by atoms with Crippen molar-refractivity contribution in [3.05, 3.63) is 15.6 Å². The fourth-order valence-electron chi connectivity index (χ4n) is 2.32. The number of hydrogen-bond donors (Lipinski definition) is 1. The first-order valence-electron chi connectivity index (χ1n) is 7.18. The molecule has 6 nitrogen and oxygen atoms in total. The molecule has 1 unspecified atom stereocenters. The van der Waals surface area contributed by atoms with E-state index in [1.807, 2.05) is 0 Å². The summed E-state index contributed by atoms with van der Waals surface area (Å²) in [7, 11) is 0. The number of nitrogens with zero attached hydrogens (tertiary/aromatic N) is 2. The summed E-state index contributed by atoms with van der Waals surface area (Å²) in [5.74, 6) is -0.660. The summed E-state index contributed by atoms with van der Waals surface area (Å²) >= 11 is 1.30. The number of carbonyl (C=O) groups is 2. The van der Waals surface area contributed by atoms with Gasteiger partial charge in [-0.05, 0) is 13.8 Å². The number of piperazine rings is 1. The monoisotopic (exact) mass is 311 g/mol. The van der Waals surface area contributed by atoms with Crippen LogP contribution in [0.1, 0.15) is 52.0 Å². The van der Waals surface area contributed by atoms with Crippen molar-refractivity contribution < 1.29 is 14.3 Å². The number of rotatable bonds is 5. The number of Topliss-reactive ketones (excluding diaryl/α,β-unsaturated/α-hetero) is 1. The van der Waals surface area contributed by atoms with Gasteiger partial charge in [-0.3, -0.25) is 9.69 Å². The third-order valence-electron chi connectivity index (χ3n) is 3.49. The molecule has 1 aromatic heterocycles. The molecule has 1 aliphatic rings. The zero-order valence-corrected chi connectivity index (χ0v) is 13.5. The van der Waals surface area contributed by atoms with E-state index in [1.165, 1.54) is 18.3 Å². The molecule has 7 heteroatoms. The Balaban J connectivity index is 2.25. The van der Waals surface area contributed by atoms with Crippen LogP contribution in [0.15, 0.2) is 0 Å². The maximum Gasteiger partial charge on any atom is 0.358 e. The zero-order chi connectivity index (χ0) is 15.4. The van der Waals surface area contributed by atoms with Crippen molar-refractivity contribution in [2.75, 3.05) is 32.8 Å². The minimum Gasteiger partial charge on any atom is -0.461 e. The second-order valence-electron chi connectivity index (χ2n) is 4.97. The van der Waals surface area contributed by atoms with E-state index in [-0.39, 0.29) is 24.1 Å². The van der Waals surface area contributed by atoms with Crippen molar-refractivity contribution >= 4 is 23.1 Å². The van der Waals surface area contributed by atoms with Crippen LogP contribution in [0.4, 0.5) is 0 Å². The summed E-state index contributed by atoms with van der Waals surface area (Å²) in [6, 6.07) is 0.0957. The van der Waals surface area contributed by atoms with Gasteiger partial charge < -0.3 is 10.1 Å². The molecule has 1 saturated heterocycles. The zero-order valence-electron chi connectivity index (χ0n) is 12.6. The quantitative estimate of drug-likeness (QED) is 0.656. The van der Waals surface area contributed by atoms with E-state index in [0.717, 1.165) is 31.2 Å². The molecule has 0 amide bonds. The third kappa shape index (κ3) is 3.66. The van der Waals surface area contributed by atoms with Gasteiger partial charge in [-0.1, -0.05) is 0 Å². The molecule has 1 aliphatic heterocycles. The van der Waals surface area contributed by atoms with Gasteiger partial charge in [0.1, 0.15) is 9.88 Å². The van der Waals surface area contributed by atoms with Crippen LogP contribution < -0.4 is 5.32 Å². The Hall–Kier alpha value is -1.31. The fourth-order valence-corrected chi connectivity index (χ4v) is 3.35. The molecule has 1 N–H and O–H groups in total. The minimum absolute atomic E-state index is 0.0957. The fraction of sp³-hybridized carbons (Fsp3) is 0.643. The lowest BCUT2D eigenvalue weighted by Gasteiger charge is -2.31. The predicted molar refractivity (Wildman–Crippen MR) is 80.9 cm³/mol. The first kappa shape index (κ1) is 16.1. The molecule has 2 rings (SSSR count). The normalized spacial score (nSPS) is 17.5. The Bertz CT molecular complexity index is 524. The lowest BCUT2D eigenvalue weighted by Crippen LogP contribution is -2.44. The maximum absolute atomic E-state index is 11.9. The molecular weight excluding hydrogens is 290 g/mol. The lowest BCUT2D eigenvalue weighted by atomic mass is 10.2. The summed E-state index contributed by atoms with van der Waals surface area (Å²) in [4.78, 5) is 30.7. The third-order valence-corrected chi connectivity index (χ3v) is 4.82. The van der Waals surface area contributed by atoms with Crippen LogP contribution in [0.25, 0.3) is 0 Å². The molecule has 1 atom stereocenters. The number of ketones is 1. The van der Waals surface area contributed by atoms with Gasteiger partial charge in [-0.15, -0.1) is 11.3 Å². The van der Waals surface area contributed by atoms with E-state index >= 15 is 0 Å². The molecule has 0 spiro atoms. The van der Waals surface area contributed by atoms with Crippen molar-refractivity contribution in [3.63, 3.8) is 0 Å². The molecule has 0 radical (unpaired) electrons. The highest BCUT2D eigenvalue weighted by Gasteiger charge is 2.27. The molecule has 0 bridgehead atoms. The van der Waals surface area contributed by atoms with Crippen LogP contribution >= 0.6 is 11.3 Å². The van der Waals surface area contributed by atoms with Crippen molar-refractivity contribution in [2.24, 2.45) is 0 Å². The van der Waals surface area contributed by atoms with Crippen LogP contribution in [0.2, 0.25) is 0 Å². The van der Waals surface area contributed by atoms with E-state index in [0.29, 0.717) is 4.88 Å². The van der Waals surface area contributed by atoms with E-state index in [4.69, 9.17) is 4.74 Å². The summed E-state index contributed by atoms with van der Waals surface area (Å²) in [6.07, 6.45) is 0. The number of esters is 1. The van der Waals surface area contributed by atoms with Crippen molar-refractivity contribution in [1.29, 1.82) is 0 Å². The van der Waals surface area contributed by atoms with Gasteiger partial charge in [0.2, 0.25) is 0 Å². The summed E-state index contributed by atoms with van der Waals surface area (Å²) in [5.41, 5.74) is 0.159. The molecule has 0 aromatic carbocycles. The number of ether oxygens (including phenoxy) is 1. The average Bonchev–Trinajstić information content (AvgIpc) is 2.93. The van der Waals surface area contributed by atoms with E-state index in [2.05, 4.69) is 22.1 Å². The van der Waals surface area contributed by atoms with Crippen molar-refractivity contribution in [3.8, 4) is 0 Å². The van der Waals surface area contributed by atoms with Gasteiger partial charge in [0.25, 0.3) is 0 Å². The average molecular weight is 311 g/mol. The summed E-state index contributed by atoms with van der Waals surface area (Å²) < 4.78 is 4.99. The number of carbonyl (C=O) groups excluding carboxylic acids is 2. The van der Waals surface area contributed by atoms with Gasteiger partial charge in [0.15, 0.2) is 11.5 Å². The second-order valence-corrected chi connectivity index (χ2v) is 6.00. The molecule has 0 saturated carbocycles. The maximum atomic E-state index is 11.9. The van der Waals surface area contributed by atoms with Crippen LogP contribution in [-0.4, -0.2) is 54.4 Å². The van der Waals surface area contributed by atoms with Gasteiger partial charge in [-0.2, -0.15) is 0 Å². The Morgan fingerprint density at radius 1 is 1.43 bits per heavy atom. The van der Waals surface area contributed by atoms with Gasteiger partial charge in [0.05, 0.1) is 12.6 Å². The number of hydrogen-bond acceptors (Lipinski definition) is 7. The number of thiazole rings is 1. The first-order chi connectivity index (χ1) is 10.0. The molecule has 116 valence electrons. The Labute approximate surface area is 128 Å². The highest BCUT2D eigenvalue weighted by molar-refractivity contribution is 7.14. The highest BCUT2D eigenvalue weighted by atomic mass is 32.1. The summed E-state index contributed by atoms with van der Waals surface area (Å²) in [5, 5.41) is 4.10. The van der Waals surface area contributed by atoms with Crippen molar-refractivity contribution in [1.82, 2.24) is 15.2 Å². The smallest absolute Gasteiger partial charge is 0.358 e. The van der Waals surface area contributed by atoms with E-state index in [1.54, 1.807) is 6.92 Å². The van der Waals surface area contributed by atoms with E-state index in [9.17, 15) is 9.59 Å². The predicted octanol–water partition coefficient (Wildman–Crippen LogP) is 1.49. The Morgan fingerprint density at radius 3 is 2.67 bits per heavy atom. The molecule has 2 heterocycles. The molecular formula is C14H21N3O3S. The summed E-state index contributed by atoms with van der Waals surface area (Å²) in [6.45, 7) is 9.28. The lowest BCUT2D eigenvalue weighted by molar-refractivity contribution is 0.0516. The highest BCUT2D eigenvalue weighted by Crippen LogP contribution is 2.28. The van der Waals surface area contributed by atoms with Crippen molar-refractivity contribution in [2.45, 2.75) is 26.8 Å². The Kier molecular flexibility index (Phi) is 5.44. The van der Waals surface area contributed by atoms with Crippen LogP contribution in [-0.2, 0) is 4.74 Å². The second kappa shape index (κ2) is 7.11. The first-order valence-corrected chi connectivity index (χ1v) is 7.99.